The molecular weight excluding hydrogens is 534 g/mol. The van der Waals surface area contributed by atoms with Gasteiger partial charge in [0.15, 0.2) is 0 Å². The molecule has 6 aromatic carbocycles. The average Bonchev–Trinajstić information content (AvgIpc) is 3.10. The third kappa shape index (κ3) is 3.94. The number of hydrogen-bond acceptors (Lipinski definition) is 3. The maximum absolute atomic E-state index is 4.53. The summed E-state index contributed by atoms with van der Waals surface area (Å²) in [7, 11) is 0. The largest absolute Gasteiger partial charge is 0.264 e. The van der Waals surface area contributed by atoms with Crippen LogP contribution in [0.5, 0.6) is 0 Å². The van der Waals surface area contributed by atoms with E-state index in [0.29, 0.717) is 0 Å². The Bertz CT molecular complexity index is 2430. The number of pyridine rings is 3. The molecule has 0 aliphatic carbocycles. The topological polar surface area (TPSA) is 38.7 Å². The maximum atomic E-state index is 4.53. The van der Waals surface area contributed by atoms with E-state index in [9.17, 15) is 0 Å². The number of hydrogen-bond donors (Lipinski definition) is 0. The molecule has 3 nitrogen and oxygen atoms in total. The van der Waals surface area contributed by atoms with Gasteiger partial charge in [0.25, 0.3) is 0 Å². The molecule has 0 aliphatic heterocycles. The molecule has 0 aliphatic rings. The zero-order valence-electron chi connectivity index (χ0n) is 23.8. The number of fused-ring (bicyclic) bond motifs is 1. The Morgan fingerprint density at radius 2 is 0.932 bits per heavy atom. The van der Waals surface area contributed by atoms with E-state index in [0.717, 1.165) is 33.2 Å². The highest BCUT2D eigenvalue weighted by Gasteiger charge is 2.16. The SMILES string of the molecule is c1cncc(-c2cc(-c3cccnc3)cc(-c3ccc4ccc5c(-c6ccc7ncccc7c6)ccc6ccc3c4c65)c2)c1. The fourth-order valence-electron chi connectivity index (χ4n) is 6.73. The number of aromatic nitrogens is 3. The monoisotopic (exact) mass is 559 g/mol. The van der Waals surface area contributed by atoms with E-state index in [1.165, 1.54) is 54.6 Å². The van der Waals surface area contributed by atoms with Gasteiger partial charge in [-0.3, -0.25) is 15.0 Å². The molecule has 204 valence electrons. The quantitative estimate of drug-likeness (QED) is 0.201. The van der Waals surface area contributed by atoms with Gasteiger partial charge in [0.2, 0.25) is 0 Å². The summed E-state index contributed by atoms with van der Waals surface area (Å²) in [5.74, 6) is 0. The molecular formula is C41H25N3. The van der Waals surface area contributed by atoms with E-state index in [1.807, 2.05) is 49.2 Å². The van der Waals surface area contributed by atoms with Gasteiger partial charge < -0.3 is 0 Å². The van der Waals surface area contributed by atoms with Crippen molar-refractivity contribution in [3.8, 4) is 44.5 Å². The Labute approximate surface area is 254 Å². The first-order valence-corrected chi connectivity index (χ1v) is 14.8. The zero-order chi connectivity index (χ0) is 29.0. The molecule has 3 heteroatoms. The van der Waals surface area contributed by atoms with Crippen molar-refractivity contribution in [1.82, 2.24) is 15.0 Å². The summed E-state index contributed by atoms with van der Waals surface area (Å²) in [6.45, 7) is 0. The number of rotatable bonds is 4. The molecule has 44 heavy (non-hydrogen) atoms. The first-order chi connectivity index (χ1) is 21.8. The highest BCUT2D eigenvalue weighted by Crippen LogP contribution is 2.43. The Morgan fingerprint density at radius 3 is 1.55 bits per heavy atom. The van der Waals surface area contributed by atoms with Gasteiger partial charge in [0.1, 0.15) is 0 Å². The van der Waals surface area contributed by atoms with Gasteiger partial charge in [0.05, 0.1) is 5.52 Å². The fourth-order valence-corrected chi connectivity index (χ4v) is 6.73. The predicted octanol–water partition coefficient (Wildman–Crippen LogP) is 10.6. The summed E-state index contributed by atoms with van der Waals surface area (Å²) in [5.41, 5.74) is 10.3. The van der Waals surface area contributed by atoms with Gasteiger partial charge in [0, 0.05) is 47.5 Å². The Kier molecular flexibility index (Phi) is 5.50. The normalized spacial score (nSPS) is 11.6. The van der Waals surface area contributed by atoms with Crippen LogP contribution in [0, 0.1) is 0 Å². The Morgan fingerprint density at radius 1 is 0.364 bits per heavy atom. The first kappa shape index (κ1) is 24.6. The molecule has 0 saturated carbocycles. The summed E-state index contributed by atoms with van der Waals surface area (Å²) >= 11 is 0. The van der Waals surface area contributed by atoms with Crippen LogP contribution in [0.2, 0.25) is 0 Å². The average molecular weight is 560 g/mol. The highest BCUT2D eigenvalue weighted by atomic mass is 14.6. The fraction of sp³-hybridized carbons (Fsp3) is 0. The lowest BCUT2D eigenvalue weighted by Gasteiger charge is -2.17. The molecule has 3 heterocycles. The third-order valence-electron chi connectivity index (χ3n) is 8.81. The Balaban J connectivity index is 1.30. The summed E-state index contributed by atoms with van der Waals surface area (Å²) in [5, 5.41) is 8.77. The van der Waals surface area contributed by atoms with Gasteiger partial charge in [-0.1, -0.05) is 72.8 Å². The standard InChI is InChI=1S/C41H25N3/c1-5-30(24-42-17-1)32-21-33(31-6-2-18-43-25-31)23-34(22-32)36-13-8-27-9-14-37-35(12-7-26-10-15-38(36)41(27)40(26)37)28-11-16-39-29(20-28)4-3-19-44-39/h1-25H. The lowest BCUT2D eigenvalue weighted by Crippen LogP contribution is -1.91. The van der Waals surface area contributed by atoms with E-state index >= 15 is 0 Å². The van der Waals surface area contributed by atoms with Crippen molar-refractivity contribution >= 4 is 43.2 Å². The maximum Gasteiger partial charge on any atom is 0.0702 e. The van der Waals surface area contributed by atoms with Gasteiger partial charge in [-0.2, -0.15) is 0 Å². The van der Waals surface area contributed by atoms with Crippen molar-refractivity contribution in [2.75, 3.05) is 0 Å². The second-order valence-electron chi connectivity index (χ2n) is 11.3. The van der Waals surface area contributed by atoms with Crippen molar-refractivity contribution in [2.45, 2.75) is 0 Å². The van der Waals surface area contributed by atoms with Crippen LogP contribution >= 0.6 is 0 Å². The minimum atomic E-state index is 1.01. The first-order valence-electron chi connectivity index (χ1n) is 14.8. The molecule has 0 radical (unpaired) electrons. The van der Waals surface area contributed by atoms with Crippen molar-refractivity contribution in [3.05, 3.63) is 152 Å². The smallest absolute Gasteiger partial charge is 0.0702 e. The minimum Gasteiger partial charge on any atom is -0.264 e. The molecule has 9 aromatic rings. The minimum absolute atomic E-state index is 1.01. The van der Waals surface area contributed by atoms with Crippen LogP contribution in [0.1, 0.15) is 0 Å². The van der Waals surface area contributed by atoms with Gasteiger partial charge >= 0.3 is 0 Å². The van der Waals surface area contributed by atoms with Crippen LogP contribution in [0.3, 0.4) is 0 Å². The van der Waals surface area contributed by atoms with E-state index < -0.39 is 0 Å². The van der Waals surface area contributed by atoms with Crippen LogP contribution < -0.4 is 0 Å². The zero-order valence-corrected chi connectivity index (χ0v) is 23.8. The van der Waals surface area contributed by atoms with Crippen molar-refractivity contribution < 1.29 is 0 Å². The van der Waals surface area contributed by atoms with Crippen LogP contribution in [0.4, 0.5) is 0 Å². The summed E-state index contributed by atoms with van der Waals surface area (Å²) in [6.07, 6.45) is 9.35. The molecule has 0 saturated heterocycles. The van der Waals surface area contributed by atoms with E-state index in [2.05, 4.69) is 118 Å². The van der Waals surface area contributed by atoms with Crippen LogP contribution in [0.15, 0.2) is 152 Å². The van der Waals surface area contributed by atoms with Crippen LogP contribution in [-0.2, 0) is 0 Å². The second-order valence-corrected chi connectivity index (χ2v) is 11.3. The molecule has 0 spiro atoms. The van der Waals surface area contributed by atoms with Crippen molar-refractivity contribution in [2.24, 2.45) is 0 Å². The van der Waals surface area contributed by atoms with Gasteiger partial charge in [-0.25, -0.2) is 0 Å². The van der Waals surface area contributed by atoms with E-state index in [4.69, 9.17) is 0 Å². The number of nitrogens with zero attached hydrogens (tertiary/aromatic N) is 3. The van der Waals surface area contributed by atoms with Gasteiger partial charge in [-0.15, -0.1) is 0 Å². The molecule has 9 rings (SSSR count). The number of benzene rings is 6. The van der Waals surface area contributed by atoms with Gasteiger partial charge in [-0.05, 0) is 114 Å². The summed E-state index contributed by atoms with van der Waals surface area (Å²) in [6, 6.07) is 43.9. The van der Waals surface area contributed by atoms with Crippen molar-refractivity contribution in [1.29, 1.82) is 0 Å². The molecule has 0 atom stereocenters. The van der Waals surface area contributed by atoms with E-state index in [-0.39, 0.29) is 0 Å². The Hall–Kier alpha value is -5.93. The molecule has 0 unspecified atom stereocenters. The highest BCUT2D eigenvalue weighted by molar-refractivity contribution is 6.27. The van der Waals surface area contributed by atoms with Crippen LogP contribution in [0.25, 0.3) is 87.7 Å². The van der Waals surface area contributed by atoms with Crippen molar-refractivity contribution in [3.63, 3.8) is 0 Å². The van der Waals surface area contributed by atoms with Crippen LogP contribution in [-0.4, -0.2) is 15.0 Å². The third-order valence-corrected chi connectivity index (χ3v) is 8.81. The molecule has 0 fully saturated rings. The van der Waals surface area contributed by atoms with E-state index in [1.54, 1.807) is 0 Å². The lowest BCUT2D eigenvalue weighted by molar-refractivity contribution is 1.32. The summed E-state index contributed by atoms with van der Waals surface area (Å²) in [4.78, 5) is 13.3. The second kappa shape index (κ2) is 9.82. The molecule has 0 N–H and O–H groups in total. The molecule has 3 aromatic heterocycles. The predicted molar refractivity (Wildman–Crippen MR) is 183 cm³/mol. The molecule has 0 amide bonds. The molecule has 0 bridgehead atoms. The lowest BCUT2D eigenvalue weighted by atomic mass is 9.86. The summed E-state index contributed by atoms with van der Waals surface area (Å²) < 4.78 is 0.